The van der Waals surface area contributed by atoms with Gasteiger partial charge in [0.05, 0.1) is 0 Å². The largest absolute Gasteiger partial charge is 0.0874 e. The third-order valence-electron chi connectivity index (χ3n) is 8.60. The van der Waals surface area contributed by atoms with Crippen LogP contribution >= 0.6 is 0 Å². The molecule has 0 heteroatoms. The molecule has 1 aliphatic rings. The topological polar surface area (TPSA) is 0 Å². The van der Waals surface area contributed by atoms with Crippen LogP contribution in [0.4, 0.5) is 0 Å². The molecule has 1 aliphatic carbocycles. The van der Waals surface area contributed by atoms with Crippen LogP contribution in [0, 0.1) is 13.8 Å². The Morgan fingerprint density at radius 1 is 0.756 bits per heavy atom. The van der Waals surface area contributed by atoms with Gasteiger partial charge in [-0.1, -0.05) is 128 Å². The summed E-state index contributed by atoms with van der Waals surface area (Å²) >= 11 is 0. The van der Waals surface area contributed by atoms with E-state index in [-0.39, 0.29) is 5.41 Å². The molecule has 41 heavy (non-hydrogen) atoms. The summed E-state index contributed by atoms with van der Waals surface area (Å²) in [7, 11) is 0. The Hall–Kier alpha value is -4.16. The molecule has 0 aliphatic heterocycles. The Balaban J connectivity index is 1.80. The molecule has 0 aromatic heterocycles. The Morgan fingerprint density at radius 3 is 2.20 bits per heavy atom. The summed E-state index contributed by atoms with van der Waals surface area (Å²) in [4.78, 5) is 0. The van der Waals surface area contributed by atoms with Gasteiger partial charge in [0.25, 0.3) is 0 Å². The molecule has 0 spiro atoms. The zero-order valence-corrected chi connectivity index (χ0v) is 25.2. The van der Waals surface area contributed by atoms with Crippen LogP contribution in [0.3, 0.4) is 0 Å². The van der Waals surface area contributed by atoms with Crippen molar-refractivity contribution in [1.29, 1.82) is 0 Å². The maximum atomic E-state index is 2.45. The van der Waals surface area contributed by atoms with Crippen LogP contribution in [0.15, 0.2) is 139 Å². The lowest BCUT2D eigenvalue weighted by Gasteiger charge is -2.37. The van der Waals surface area contributed by atoms with Gasteiger partial charge in [0, 0.05) is 5.41 Å². The Labute approximate surface area is 247 Å². The first-order chi connectivity index (χ1) is 20.0. The van der Waals surface area contributed by atoms with E-state index < -0.39 is 0 Å². The quantitative estimate of drug-likeness (QED) is 0.197. The molecule has 0 N–H and O–H groups in total. The normalized spacial score (nSPS) is 15.1. The monoisotopic (exact) mass is 534 g/mol. The van der Waals surface area contributed by atoms with Gasteiger partial charge in [-0.3, -0.25) is 0 Å². The first kappa shape index (κ1) is 28.4. The maximum absolute atomic E-state index is 2.45. The van der Waals surface area contributed by atoms with Crippen LogP contribution in [0.25, 0.3) is 33.4 Å². The fraction of sp³-hybridized carbons (Fsp3) is 0.220. The van der Waals surface area contributed by atoms with Crippen LogP contribution < -0.4 is 0 Å². The van der Waals surface area contributed by atoms with Gasteiger partial charge in [0.2, 0.25) is 0 Å². The molecule has 1 unspecified atom stereocenters. The molecule has 4 aromatic carbocycles. The number of benzene rings is 4. The fourth-order valence-electron chi connectivity index (χ4n) is 6.21. The molecule has 0 nitrogen and oxygen atoms in total. The SMILES string of the molecule is C/C=C\C(=C/CC)C(C)(C1=CCCC=C1)c1cccc(-c2cccc(-c3ccc(C)c(C)c3)c2)c1-c1ccccc1. The lowest BCUT2D eigenvalue weighted by Crippen LogP contribution is -2.28. The second-order valence-electron chi connectivity index (χ2n) is 11.3. The highest BCUT2D eigenvalue weighted by molar-refractivity contribution is 5.89. The Bertz CT molecular complexity index is 1640. The molecule has 0 amide bonds. The van der Waals surface area contributed by atoms with Crippen molar-refractivity contribution in [3.8, 4) is 33.4 Å². The van der Waals surface area contributed by atoms with E-state index in [9.17, 15) is 0 Å². The third kappa shape index (κ3) is 5.70. The average Bonchev–Trinajstić information content (AvgIpc) is 3.02. The minimum absolute atomic E-state index is 0.299. The van der Waals surface area contributed by atoms with E-state index in [1.165, 1.54) is 61.2 Å². The molecular formula is C41H42. The maximum Gasteiger partial charge on any atom is 0.0423 e. The zero-order chi connectivity index (χ0) is 28.8. The van der Waals surface area contributed by atoms with Crippen LogP contribution in [0.2, 0.25) is 0 Å². The number of aryl methyl sites for hydroxylation is 2. The highest BCUT2D eigenvalue weighted by atomic mass is 14.4. The Kier molecular flexibility index (Phi) is 8.70. The minimum atomic E-state index is -0.299. The summed E-state index contributed by atoms with van der Waals surface area (Å²) in [6.45, 7) is 11.2. The van der Waals surface area contributed by atoms with Gasteiger partial charge in [-0.15, -0.1) is 0 Å². The molecule has 0 heterocycles. The lowest BCUT2D eigenvalue weighted by atomic mass is 9.66. The highest BCUT2D eigenvalue weighted by Crippen LogP contribution is 2.48. The van der Waals surface area contributed by atoms with Gasteiger partial charge < -0.3 is 0 Å². The predicted molar refractivity (Wildman–Crippen MR) is 179 cm³/mol. The number of hydrogen-bond acceptors (Lipinski definition) is 0. The molecule has 4 aromatic rings. The van der Waals surface area contributed by atoms with Crippen LogP contribution in [-0.2, 0) is 5.41 Å². The summed E-state index contributed by atoms with van der Waals surface area (Å²) in [6.07, 6.45) is 17.2. The van der Waals surface area contributed by atoms with Crippen molar-refractivity contribution < 1.29 is 0 Å². The van der Waals surface area contributed by atoms with E-state index in [1.807, 2.05) is 0 Å². The third-order valence-corrected chi connectivity index (χ3v) is 8.60. The van der Waals surface area contributed by atoms with Gasteiger partial charge in [0.1, 0.15) is 0 Å². The molecule has 1 atom stereocenters. The summed E-state index contributed by atoms with van der Waals surface area (Å²) in [5.41, 5.74) is 14.0. The van der Waals surface area contributed by atoms with Gasteiger partial charge in [-0.05, 0) is 114 Å². The second kappa shape index (κ2) is 12.6. The van der Waals surface area contributed by atoms with E-state index >= 15 is 0 Å². The lowest BCUT2D eigenvalue weighted by molar-refractivity contribution is 0.677. The number of allylic oxidation sites excluding steroid dienone is 8. The summed E-state index contributed by atoms with van der Waals surface area (Å²) in [6, 6.07) is 33.7. The number of rotatable bonds is 8. The molecular weight excluding hydrogens is 492 g/mol. The molecule has 0 bridgehead atoms. The molecule has 0 saturated heterocycles. The summed E-state index contributed by atoms with van der Waals surface area (Å²) < 4.78 is 0. The van der Waals surface area contributed by atoms with Crippen molar-refractivity contribution in [2.75, 3.05) is 0 Å². The van der Waals surface area contributed by atoms with E-state index in [2.05, 4.69) is 162 Å². The summed E-state index contributed by atoms with van der Waals surface area (Å²) in [5, 5.41) is 0. The van der Waals surface area contributed by atoms with Crippen molar-refractivity contribution in [3.05, 3.63) is 155 Å². The van der Waals surface area contributed by atoms with Crippen molar-refractivity contribution >= 4 is 0 Å². The summed E-state index contributed by atoms with van der Waals surface area (Å²) in [5.74, 6) is 0. The first-order valence-corrected chi connectivity index (χ1v) is 15.0. The van der Waals surface area contributed by atoms with Crippen molar-refractivity contribution in [2.24, 2.45) is 0 Å². The first-order valence-electron chi connectivity index (χ1n) is 15.0. The molecule has 206 valence electrons. The number of hydrogen-bond donors (Lipinski definition) is 0. The van der Waals surface area contributed by atoms with Crippen LogP contribution in [0.1, 0.15) is 56.7 Å². The minimum Gasteiger partial charge on any atom is -0.0874 e. The van der Waals surface area contributed by atoms with Crippen molar-refractivity contribution in [3.63, 3.8) is 0 Å². The van der Waals surface area contributed by atoms with E-state index in [4.69, 9.17) is 0 Å². The van der Waals surface area contributed by atoms with E-state index in [1.54, 1.807) is 0 Å². The van der Waals surface area contributed by atoms with Crippen LogP contribution in [0.5, 0.6) is 0 Å². The second-order valence-corrected chi connectivity index (χ2v) is 11.3. The van der Waals surface area contributed by atoms with Gasteiger partial charge in [0.15, 0.2) is 0 Å². The van der Waals surface area contributed by atoms with Crippen molar-refractivity contribution in [2.45, 2.75) is 59.3 Å². The van der Waals surface area contributed by atoms with Gasteiger partial charge >= 0.3 is 0 Å². The zero-order valence-electron chi connectivity index (χ0n) is 25.2. The highest BCUT2D eigenvalue weighted by Gasteiger charge is 2.36. The van der Waals surface area contributed by atoms with Crippen molar-refractivity contribution in [1.82, 2.24) is 0 Å². The van der Waals surface area contributed by atoms with E-state index in [0.717, 1.165) is 19.3 Å². The predicted octanol–water partition coefficient (Wildman–Crippen LogP) is 11.8. The smallest absolute Gasteiger partial charge is 0.0423 e. The van der Waals surface area contributed by atoms with Gasteiger partial charge in [-0.25, -0.2) is 0 Å². The standard InChI is InChI=1S/C41H42/c1-6-16-36(17-7-2)41(5,37-22-12-9-13-23-37)39-25-15-24-38(40(39)32-18-10-8-11-19-32)35-21-14-20-33(29-35)34-27-26-30(3)31(4)28-34/h6,8,10-12,14-29H,7,9,13H2,1-5H3/b16-6-,36-17+. The van der Waals surface area contributed by atoms with Crippen LogP contribution in [-0.4, -0.2) is 0 Å². The molecule has 0 fully saturated rings. The molecule has 5 rings (SSSR count). The average molecular weight is 535 g/mol. The molecule has 0 saturated carbocycles. The van der Waals surface area contributed by atoms with E-state index in [0.29, 0.717) is 0 Å². The van der Waals surface area contributed by atoms with Gasteiger partial charge in [-0.2, -0.15) is 0 Å². The Morgan fingerprint density at radius 2 is 1.49 bits per heavy atom. The fourth-order valence-corrected chi connectivity index (χ4v) is 6.21. The molecule has 0 radical (unpaired) electrons.